The van der Waals surface area contributed by atoms with E-state index < -0.39 is 0 Å². The van der Waals surface area contributed by atoms with Crippen LogP contribution in [0, 0.1) is 0 Å². The summed E-state index contributed by atoms with van der Waals surface area (Å²) in [6.07, 6.45) is 0.923. The summed E-state index contributed by atoms with van der Waals surface area (Å²) in [5, 5.41) is 0. The van der Waals surface area contributed by atoms with Crippen LogP contribution >= 0.6 is 0 Å². The second kappa shape index (κ2) is 6.25. The molecule has 0 aromatic heterocycles. The molecule has 0 radical (unpaired) electrons. The van der Waals surface area contributed by atoms with Crippen LogP contribution in [0.5, 0.6) is 11.5 Å². The maximum atomic E-state index is 5.87. The first-order valence-corrected chi connectivity index (χ1v) is 7.29. The Morgan fingerprint density at radius 3 is 2.55 bits per heavy atom. The molecule has 2 unspecified atom stereocenters. The number of rotatable bonds is 4. The predicted octanol–water partition coefficient (Wildman–Crippen LogP) is 2.57. The van der Waals surface area contributed by atoms with Gasteiger partial charge in [0, 0.05) is 23.4 Å². The highest BCUT2D eigenvalue weighted by Gasteiger charge is 2.28. The van der Waals surface area contributed by atoms with E-state index in [2.05, 4.69) is 16.9 Å². The van der Waals surface area contributed by atoms with Gasteiger partial charge in [-0.1, -0.05) is 18.2 Å². The normalized spacial score (nSPS) is 20.8. The number of nitrogen functional groups attached to an aromatic ring is 1. The van der Waals surface area contributed by atoms with Crippen LogP contribution in [0.15, 0.2) is 42.5 Å². The molecule has 1 heterocycles. The Morgan fingerprint density at radius 1 is 1.00 bits per heavy atom. The Kier molecular flexibility index (Phi) is 4.18. The van der Waals surface area contributed by atoms with Crippen LogP contribution in [-0.2, 0) is 0 Å². The lowest BCUT2D eigenvalue weighted by Crippen LogP contribution is -2.26. The molecule has 5 nitrogen and oxygen atoms in total. The summed E-state index contributed by atoms with van der Waals surface area (Å²) in [6, 6.07) is 14.3. The highest BCUT2D eigenvalue weighted by Crippen LogP contribution is 2.37. The topological polar surface area (TPSA) is 68.5 Å². The van der Waals surface area contributed by atoms with Gasteiger partial charge >= 0.3 is 0 Å². The zero-order valence-corrected chi connectivity index (χ0v) is 12.8. The molecule has 2 atom stereocenters. The average molecular weight is 299 g/mol. The summed E-state index contributed by atoms with van der Waals surface area (Å²) in [6.45, 7) is 0. The van der Waals surface area contributed by atoms with Crippen molar-refractivity contribution in [1.29, 1.82) is 0 Å². The fourth-order valence-corrected chi connectivity index (χ4v) is 2.86. The van der Waals surface area contributed by atoms with Crippen molar-refractivity contribution < 1.29 is 9.47 Å². The molecule has 116 valence electrons. The largest absolute Gasteiger partial charge is 0.497 e. The third-order valence-corrected chi connectivity index (χ3v) is 4.03. The summed E-state index contributed by atoms with van der Waals surface area (Å²) in [5.41, 5.74) is 15.6. The first-order valence-electron chi connectivity index (χ1n) is 7.29. The van der Waals surface area contributed by atoms with Crippen molar-refractivity contribution in [2.24, 2.45) is 0 Å². The van der Waals surface area contributed by atoms with Gasteiger partial charge in [-0.05, 0) is 30.2 Å². The summed E-state index contributed by atoms with van der Waals surface area (Å²) >= 11 is 0. The monoisotopic (exact) mass is 299 g/mol. The number of ether oxygens (including phenoxy) is 2. The molecular weight excluding hydrogens is 278 g/mol. The van der Waals surface area contributed by atoms with E-state index in [1.807, 2.05) is 36.4 Å². The number of anilines is 1. The van der Waals surface area contributed by atoms with E-state index in [0.717, 1.165) is 29.2 Å². The van der Waals surface area contributed by atoms with Crippen LogP contribution in [0.2, 0.25) is 0 Å². The van der Waals surface area contributed by atoms with Gasteiger partial charge in [-0.15, -0.1) is 0 Å². The first-order chi connectivity index (χ1) is 10.7. The number of hydrazine groups is 1. The van der Waals surface area contributed by atoms with Crippen LogP contribution in [0.1, 0.15) is 29.6 Å². The minimum absolute atomic E-state index is 0.173. The van der Waals surface area contributed by atoms with Crippen molar-refractivity contribution >= 4 is 5.69 Å². The standard InChI is InChI=1S/C17H21N3O2/c1-21-13-6-7-14(17(9-13)22-2)16-10-15(19-20-16)11-4-3-5-12(18)8-11/h3-9,15-16,19-20H,10,18H2,1-2H3. The Bertz CT molecular complexity index is 660. The van der Waals surface area contributed by atoms with Crippen molar-refractivity contribution in [1.82, 2.24) is 10.9 Å². The minimum Gasteiger partial charge on any atom is -0.497 e. The van der Waals surface area contributed by atoms with E-state index in [1.54, 1.807) is 14.2 Å². The second-order valence-corrected chi connectivity index (χ2v) is 5.41. The summed E-state index contributed by atoms with van der Waals surface area (Å²) in [7, 11) is 3.33. The molecule has 3 rings (SSSR count). The van der Waals surface area contributed by atoms with Gasteiger partial charge in [0.15, 0.2) is 0 Å². The predicted molar refractivity (Wildman–Crippen MR) is 86.8 cm³/mol. The fraction of sp³-hybridized carbons (Fsp3) is 0.294. The van der Waals surface area contributed by atoms with E-state index in [1.165, 1.54) is 5.56 Å². The first kappa shape index (κ1) is 14.7. The Morgan fingerprint density at radius 2 is 1.82 bits per heavy atom. The van der Waals surface area contributed by atoms with Crippen molar-refractivity contribution in [2.75, 3.05) is 20.0 Å². The lowest BCUT2D eigenvalue weighted by Gasteiger charge is -2.15. The molecule has 0 amide bonds. The molecule has 1 aliphatic heterocycles. The van der Waals surface area contributed by atoms with E-state index >= 15 is 0 Å². The molecule has 1 saturated heterocycles. The van der Waals surface area contributed by atoms with E-state index in [9.17, 15) is 0 Å². The minimum atomic E-state index is 0.173. The van der Waals surface area contributed by atoms with Crippen LogP contribution in [-0.4, -0.2) is 14.2 Å². The SMILES string of the molecule is COc1ccc(C2CC(c3cccc(N)c3)NN2)c(OC)c1. The molecular formula is C17H21N3O2. The highest BCUT2D eigenvalue weighted by molar-refractivity contribution is 5.44. The lowest BCUT2D eigenvalue weighted by atomic mass is 9.97. The third kappa shape index (κ3) is 2.86. The molecule has 1 fully saturated rings. The number of methoxy groups -OCH3 is 2. The van der Waals surface area contributed by atoms with Crippen LogP contribution in [0.25, 0.3) is 0 Å². The number of hydrogen-bond acceptors (Lipinski definition) is 5. The van der Waals surface area contributed by atoms with Crippen LogP contribution < -0.4 is 26.1 Å². The van der Waals surface area contributed by atoms with E-state index in [-0.39, 0.29) is 12.1 Å². The Balaban J connectivity index is 1.80. The molecule has 2 aromatic carbocycles. The highest BCUT2D eigenvalue weighted by atomic mass is 16.5. The van der Waals surface area contributed by atoms with Gasteiger partial charge in [-0.25, -0.2) is 10.9 Å². The van der Waals surface area contributed by atoms with Crippen molar-refractivity contribution in [3.8, 4) is 11.5 Å². The molecule has 0 bridgehead atoms. The van der Waals surface area contributed by atoms with Crippen molar-refractivity contribution in [3.63, 3.8) is 0 Å². The van der Waals surface area contributed by atoms with Gasteiger partial charge < -0.3 is 15.2 Å². The summed E-state index contributed by atoms with van der Waals surface area (Å²) in [4.78, 5) is 0. The van der Waals surface area contributed by atoms with Gasteiger partial charge in [0.1, 0.15) is 11.5 Å². The molecule has 1 aliphatic rings. The van der Waals surface area contributed by atoms with Gasteiger partial charge in [0.05, 0.1) is 20.3 Å². The van der Waals surface area contributed by atoms with Crippen LogP contribution in [0.4, 0.5) is 5.69 Å². The van der Waals surface area contributed by atoms with Gasteiger partial charge in [0.2, 0.25) is 0 Å². The van der Waals surface area contributed by atoms with Crippen molar-refractivity contribution in [3.05, 3.63) is 53.6 Å². The van der Waals surface area contributed by atoms with Gasteiger partial charge in [-0.3, -0.25) is 0 Å². The summed E-state index contributed by atoms with van der Waals surface area (Å²) < 4.78 is 10.7. The molecule has 2 aromatic rings. The molecule has 0 saturated carbocycles. The maximum absolute atomic E-state index is 5.87. The molecule has 0 spiro atoms. The van der Waals surface area contributed by atoms with Crippen LogP contribution in [0.3, 0.4) is 0 Å². The average Bonchev–Trinajstić information content (AvgIpc) is 3.04. The number of nitrogens with one attached hydrogen (secondary N) is 2. The number of nitrogens with two attached hydrogens (primary N) is 1. The maximum Gasteiger partial charge on any atom is 0.127 e. The number of benzene rings is 2. The quantitative estimate of drug-likeness (QED) is 0.757. The fourth-order valence-electron chi connectivity index (χ4n) is 2.86. The Labute approximate surface area is 130 Å². The zero-order valence-electron chi connectivity index (χ0n) is 12.8. The molecule has 22 heavy (non-hydrogen) atoms. The number of hydrogen-bond donors (Lipinski definition) is 3. The van der Waals surface area contributed by atoms with E-state index in [0.29, 0.717) is 0 Å². The molecule has 4 N–H and O–H groups in total. The van der Waals surface area contributed by atoms with E-state index in [4.69, 9.17) is 15.2 Å². The van der Waals surface area contributed by atoms with Gasteiger partial charge in [0.25, 0.3) is 0 Å². The zero-order chi connectivity index (χ0) is 15.5. The van der Waals surface area contributed by atoms with Crippen molar-refractivity contribution in [2.45, 2.75) is 18.5 Å². The smallest absolute Gasteiger partial charge is 0.127 e. The lowest BCUT2D eigenvalue weighted by molar-refractivity contribution is 0.386. The third-order valence-electron chi connectivity index (χ3n) is 4.03. The molecule has 0 aliphatic carbocycles. The molecule has 5 heteroatoms. The van der Waals surface area contributed by atoms with Gasteiger partial charge in [-0.2, -0.15) is 0 Å². The second-order valence-electron chi connectivity index (χ2n) is 5.41. The summed E-state index contributed by atoms with van der Waals surface area (Å²) in [5.74, 6) is 1.62. The Hall–Kier alpha value is -2.24.